The third kappa shape index (κ3) is 3.01. The summed E-state index contributed by atoms with van der Waals surface area (Å²) >= 11 is 0. The molecule has 1 aromatic carbocycles. The van der Waals surface area contributed by atoms with Gasteiger partial charge in [0.15, 0.2) is 0 Å². The highest BCUT2D eigenvalue weighted by Gasteiger charge is 2.16. The van der Waals surface area contributed by atoms with E-state index in [0.717, 1.165) is 5.56 Å². The van der Waals surface area contributed by atoms with E-state index < -0.39 is 4.92 Å². The first-order chi connectivity index (χ1) is 9.61. The zero-order chi connectivity index (χ0) is 14.5. The minimum Gasteiger partial charge on any atom is -0.384 e. The zero-order valence-corrected chi connectivity index (χ0v) is 10.9. The van der Waals surface area contributed by atoms with Crippen LogP contribution in [0.5, 0.6) is 0 Å². The first-order valence-corrected chi connectivity index (χ1v) is 5.86. The van der Waals surface area contributed by atoms with Gasteiger partial charge in [0.05, 0.1) is 11.5 Å². The standard InChI is InChI=1S/C13H14N4O3/c1-20-8-9-4-2-3-5-10(9)15-13-11(17(18)19)6-7-12(14)16-13/h2-7H,8H2,1H3,(H3,14,15,16). The van der Waals surface area contributed by atoms with Gasteiger partial charge in [-0.15, -0.1) is 0 Å². The third-order valence-corrected chi connectivity index (χ3v) is 2.66. The monoisotopic (exact) mass is 274 g/mol. The molecule has 7 heteroatoms. The Morgan fingerprint density at radius 2 is 2.10 bits per heavy atom. The van der Waals surface area contributed by atoms with Gasteiger partial charge in [-0.1, -0.05) is 18.2 Å². The fourth-order valence-corrected chi connectivity index (χ4v) is 1.76. The van der Waals surface area contributed by atoms with Crippen LogP contribution in [-0.4, -0.2) is 17.0 Å². The number of para-hydroxylation sites is 1. The summed E-state index contributed by atoms with van der Waals surface area (Å²) in [6.45, 7) is 0.388. The lowest BCUT2D eigenvalue weighted by Gasteiger charge is -2.11. The van der Waals surface area contributed by atoms with Crippen molar-refractivity contribution >= 4 is 23.0 Å². The number of aromatic nitrogens is 1. The molecule has 0 radical (unpaired) electrons. The molecule has 3 N–H and O–H groups in total. The Kier molecular flexibility index (Phi) is 4.11. The van der Waals surface area contributed by atoms with Crippen molar-refractivity contribution in [3.8, 4) is 0 Å². The minimum absolute atomic E-state index is 0.110. The van der Waals surface area contributed by atoms with Gasteiger partial charge in [0.25, 0.3) is 0 Å². The van der Waals surface area contributed by atoms with Crippen LogP contribution in [0.15, 0.2) is 36.4 Å². The predicted molar refractivity (Wildman–Crippen MR) is 75.7 cm³/mol. The van der Waals surface area contributed by atoms with E-state index in [2.05, 4.69) is 10.3 Å². The largest absolute Gasteiger partial charge is 0.384 e. The van der Waals surface area contributed by atoms with E-state index in [-0.39, 0.29) is 17.3 Å². The Morgan fingerprint density at radius 1 is 1.35 bits per heavy atom. The maximum absolute atomic E-state index is 11.0. The Labute approximate surface area is 115 Å². The summed E-state index contributed by atoms with van der Waals surface area (Å²) in [6, 6.07) is 10.1. The number of benzene rings is 1. The molecule has 0 fully saturated rings. The van der Waals surface area contributed by atoms with Gasteiger partial charge in [-0.05, 0) is 12.1 Å². The average Bonchev–Trinajstić information content (AvgIpc) is 2.41. The van der Waals surface area contributed by atoms with Crippen molar-refractivity contribution < 1.29 is 9.66 Å². The third-order valence-electron chi connectivity index (χ3n) is 2.66. The summed E-state index contributed by atoms with van der Waals surface area (Å²) in [6.07, 6.45) is 0. The second-order valence-corrected chi connectivity index (χ2v) is 4.08. The number of nitrogen functional groups attached to an aromatic ring is 1. The van der Waals surface area contributed by atoms with Crippen molar-refractivity contribution in [2.45, 2.75) is 6.61 Å². The van der Waals surface area contributed by atoms with Crippen LogP contribution in [0.4, 0.5) is 23.0 Å². The lowest BCUT2D eigenvalue weighted by molar-refractivity contribution is -0.384. The van der Waals surface area contributed by atoms with E-state index >= 15 is 0 Å². The summed E-state index contributed by atoms with van der Waals surface area (Å²) in [5.74, 6) is 0.320. The molecule has 0 saturated carbocycles. The predicted octanol–water partition coefficient (Wildman–Crippen LogP) is 2.46. The van der Waals surface area contributed by atoms with E-state index in [1.165, 1.54) is 12.1 Å². The number of hydrogen-bond donors (Lipinski definition) is 2. The van der Waals surface area contributed by atoms with Crippen molar-refractivity contribution in [3.05, 3.63) is 52.1 Å². The van der Waals surface area contributed by atoms with Crippen molar-refractivity contribution in [1.82, 2.24) is 4.98 Å². The summed E-state index contributed by atoms with van der Waals surface area (Å²) < 4.78 is 5.09. The maximum atomic E-state index is 11.0. The Bertz CT molecular complexity index is 631. The topological polar surface area (TPSA) is 103 Å². The van der Waals surface area contributed by atoms with Crippen LogP contribution in [0.2, 0.25) is 0 Å². The molecule has 0 aliphatic heterocycles. The van der Waals surface area contributed by atoms with Gasteiger partial charge in [-0.25, -0.2) is 4.98 Å². The summed E-state index contributed by atoms with van der Waals surface area (Å²) in [5, 5.41) is 13.9. The van der Waals surface area contributed by atoms with Gasteiger partial charge in [0.1, 0.15) is 5.82 Å². The van der Waals surface area contributed by atoms with Gasteiger partial charge in [0, 0.05) is 24.4 Å². The van der Waals surface area contributed by atoms with Crippen LogP contribution in [0, 0.1) is 10.1 Å². The summed E-state index contributed by atoms with van der Waals surface area (Å²) in [5.41, 5.74) is 7.01. The molecule has 0 atom stereocenters. The molecule has 1 heterocycles. The Morgan fingerprint density at radius 3 is 2.80 bits per heavy atom. The van der Waals surface area contributed by atoms with Crippen molar-refractivity contribution in [2.24, 2.45) is 0 Å². The van der Waals surface area contributed by atoms with Gasteiger partial charge in [-0.2, -0.15) is 0 Å². The Hall–Kier alpha value is -2.67. The van der Waals surface area contributed by atoms with Crippen LogP contribution < -0.4 is 11.1 Å². The SMILES string of the molecule is COCc1ccccc1Nc1nc(N)ccc1[N+](=O)[O-]. The van der Waals surface area contributed by atoms with Gasteiger partial charge < -0.3 is 15.8 Å². The molecule has 0 spiro atoms. The molecule has 0 amide bonds. The molecule has 0 aliphatic carbocycles. The van der Waals surface area contributed by atoms with E-state index in [1.807, 2.05) is 18.2 Å². The van der Waals surface area contributed by atoms with Crippen LogP contribution in [0.25, 0.3) is 0 Å². The number of nitrogens with one attached hydrogen (secondary N) is 1. The number of anilines is 3. The van der Waals surface area contributed by atoms with E-state index in [1.54, 1.807) is 13.2 Å². The highest BCUT2D eigenvalue weighted by atomic mass is 16.6. The van der Waals surface area contributed by atoms with Crippen molar-refractivity contribution in [2.75, 3.05) is 18.2 Å². The second kappa shape index (κ2) is 5.98. The molecule has 0 unspecified atom stereocenters. The zero-order valence-electron chi connectivity index (χ0n) is 10.9. The molecular formula is C13H14N4O3. The molecule has 1 aromatic heterocycles. The summed E-state index contributed by atoms with van der Waals surface area (Å²) in [4.78, 5) is 14.5. The van der Waals surface area contributed by atoms with Crippen molar-refractivity contribution in [1.29, 1.82) is 0 Å². The highest BCUT2D eigenvalue weighted by Crippen LogP contribution is 2.28. The minimum atomic E-state index is -0.506. The quantitative estimate of drug-likeness (QED) is 0.641. The van der Waals surface area contributed by atoms with Crippen LogP contribution >= 0.6 is 0 Å². The van der Waals surface area contributed by atoms with E-state index in [9.17, 15) is 10.1 Å². The lowest BCUT2D eigenvalue weighted by atomic mass is 10.2. The number of nitrogens with two attached hydrogens (primary N) is 1. The molecule has 0 saturated heterocycles. The molecule has 7 nitrogen and oxygen atoms in total. The number of nitrogens with zero attached hydrogens (tertiary/aromatic N) is 2. The Balaban J connectivity index is 2.39. The molecule has 104 valence electrons. The average molecular weight is 274 g/mol. The van der Waals surface area contributed by atoms with Crippen molar-refractivity contribution in [3.63, 3.8) is 0 Å². The van der Waals surface area contributed by atoms with E-state index in [0.29, 0.717) is 12.3 Å². The lowest BCUT2D eigenvalue weighted by Crippen LogP contribution is -2.04. The smallest absolute Gasteiger partial charge is 0.311 e. The van der Waals surface area contributed by atoms with Gasteiger partial charge in [-0.3, -0.25) is 10.1 Å². The number of pyridine rings is 1. The molecule has 20 heavy (non-hydrogen) atoms. The maximum Gasteiger partial charge on any atom is 0.311 e. The number of methoxy groups -OCH3 is 1. The normalized spacial score (nSPS) is 10.2. The molecule has 2 rings (SSSR count). The number of hydrogen-bond acceptors (Lipinski definition) is 6. The van der Waals surface area contributed by atoms with Gasteiger partial charge >= 0.3 is 5.69 Å². The van der Waals surface area contributed by atoms with Crippen LogP contribution in [0.1, 0.15) is 5.56 Å². The van der Waals surface area contributed by atoms with Crippen LogP contribution in [0.3, 0.4) is 0 Å². The fraction of sp³-hybridized carbons (Fsp3) is 0.154. The van der Waals surface area contributed by atoms with Crippen LogP contribution in [-0.2, 0) is 11.3 Å². The first kappa shape index (κ1) is 13.8. The molecule has 0 bridgehead atoms. The number of rotatable bonds is 5. The number of ether oxygens (including phenoxy) is 1. The molecule has 2 aromatic rings. The second-order valence-electron chi connectivity index (χ2n) is 4.08. The summed E-state index contributed by atoms with van der Waals surface area (Å²) in [7, 11) is 1.58. The van der Waals surface area contributed by atoms with E-state index in [4.69, 9.17) is 10.5 Å². The fourth-order valence-electron chi connectivity index (χ4n) is 1.76. The molecule has 0 aliphatic rings. The number of nitro groups is 1. The first-order valence-electron chi connectivity index (χ1n) is 5.86. The highest BCUT2D eigenvalue weighted by molar-refractivity contribution is 5.69. The molecular weight excluding hydrogens is 260 g/mol. The van der Waals surface area contributed by atoms with Gasteiger partial charge in [0.2, 0.25) is 5.82 Å².